The van der Waals surface area contributed by atoms with Gasteiger partial charge in [-0.1, -0.05) is 56.6 Å². The van der Waals surface area contributed by atoms with Gasteiger partial charge in [-0.05, 0) is 83.2 Å². The van der Waals surface area contributed by atoms with Gasteiger partial charge in [0.25, 0.3) is 0 Å². The fourth-order valence-electron chi connectivity index (χ4n) is 5.85. The van der Waals surface area contributed by atoms with Crippen molar-refractivity contribution in [3.05, 3.63) is 128 Å². The third-order valence-corrected chi connectivity index (χ3v) is 11.1. The second-order valence-electron chi connectivity index (χ2n) is 13.9. The molecule has 1 fully saturated rings. The number of halogens is 10. The maximum Gasteiger partial charge on any atom is 0.417 e. The zero-order valence-electron chi connectivity index (χ0n) is 28.9. The van der Waals surface area contributed by atoms with Crippen LogP contribution >= 0.6 is 11.6 Å². The summed E-state index contributed by atoms with van der Waals surface area (Å²) < 4.78 is 158. The lowest BCUT2D eigenvalue weighted by Crippen LogP contribution is -2.48. The first-order chi connectivity index (χ1) is 25.4. The molecule has 294 valence electrons. The highest BCUT2D eigenvalue weighted by Gasteiger charge is 2.43. The van der Waals surface area contributed by atoms with Gasteiger partial charge in [0, 0.05) is 17.3 Å². The number of nitrogens with zero attached hydrogens (tertiary/aromatic N) is 1. The summed E-state index contributed by atoms with van der Waals surface area (Å²) in [6.45, 7) is 4.38. The molecule has 18 heteroatoms. The molecule has 1 aliphatic rings. The van der Waals surface area contributed by atoms with E-state index in [9.17, 15) is 53.8 Å². The summed E-state index contributed by atoms with van der Waals surface area (Å²) in [6, 6.07) is 6.81. The number of sulfonamides is 1. The monoisotopic (exact) mass is 820 g/mol. The van der Waals surface area contributed by atoms with Crippen LogP contribution in [0.1, 0.15) is 77.7 Å². The molecule has 1 atom stereocenters. The maximum absolute atomic E-state index is 15.3. The molecule has 0 saturated heterocycles. The van der Waals surface area contributed by atoms with Crippen molar-refractivity contribution in [2.24, 2.45) is 0 Å². The highest BCUT2D eigenvalue weighted by Crippen LogP contribution is 2.42. The minimum atomic E-state index is -6.04. The van der Waals surface area contributed by atoms with Crippen LogP contribution in [0.3, 0.4) is 0 Å². The van der Waals surface area contributed by atoms with Crippen LogP contribution < -0.4 is 5.32 Å². The second kappa shape index (κ2) is 15.1. The molecule has 55 heavy (non-hydrogen) atoms. The number of amides is 1. The zero-order valence-corrected chi connectivity index (χ0v) is 30.5. The summed E-state index contributed by atoms with van der Waals surface area (Å²) in [4.78, 5) is 23.5. The number of benzene rings is 4. The molecule has 5 rings (SSSR count). The number of rotatable bonds is 11. The van der Waals surface area contributed by atoms with Gasteiger partial charge >= 0.3 is 12.1 Å². The van der Waals surface area contributed by atoms with Crippen LogP contribution in [-0.4, -0.2) is 35.7 Å². The third-order valence-electron chi connectivity index (χ3n) is 8.91. The molecule has 7 nitrogen and oxygen atoms in total. The molecule has 0 spiro atoms. The molecular formula is C37H30ClF9N2O5S. The van der Waals surface area contributed by atoms with Crippen molar-refractivity contribution in [2.75, 3.05) is 5.32 Å². The molecule has 4 aromatic carbocycles. The quantitative estimate of drug-likeness (QED) is 0.0892. The first-order valence-electron chi connectivity index (χ1n) is 16.3. The number of nitrogens with one attached hydrogen (secondary N) is 1. The van der Waals surface area contributed by atoms with Gasteiger partial charge in [-0.2, -0.15) is 17.5 Å². The van der Waals surface area contributed by atoms with Crippen molar-refractivity contribution < 1.29 is 62.6 Å². The Bertz CT molecular complexity index is 2280. The number of alkyl halides is 3. The Morgan fingerprint density at radius 1 is 0.873 bits per heavy atom. The van der Waals surface area contributed by atoms with Crippen molar-refractivity contribution in [3.8, 4) is 0 Å². The number of carbonyl (C=O) groups is 2. The number of aromatic carboxylic acids is 1. The maximum atomic E-state index is 15.3. The predicted octanol–water partition coefficient (Wildman–Crippen LogP) is 9.51. The van der Waals surface area contributed by atoms with Crippen LogP contribution in [0.4, 0.5) is 45.2 Å². The van der Waals surface area contributed by atoms with Gasteiger partial charge in [0.05, 0.1) is 11.1 Å². The van der Waals surface area contributed by atoms with Gasteiger partial charge in [0.2, 0.25) is 21.7 Å². The molecule has 2 N–H and O–H groups in total. The summed E-state index contributed by atoms with van der Waals surface area (Å²) in [7, 11) is -6.04. The highest BCUT2D eigenvalue weighted by atomic mass is 35.5. The van der Waals surface area contributed by atoms with E-state index in [0.29, 0.717) is 17.7 Å². The van der Waals surface area contributed by atoms with Crippen LogP contribution in [0.2, 0.25) is 5.02 Å². The molecule has 0 aliphatic heterocycles. The minimum Gasteiger partial charge on any atom is -0.478 e. The van der Waals surface area contributed by atoms with E-state index < -0.39 is 114 Å². The number of carbonyl (C=O) groups excluding carboxylic acids is 1. The first-order valence-corrected chi connectivity index (χ1v) is 18.1. The summed E-state index contributed by atoms with van der Waals surface area (Å²) in [5.41, 5.74) is -2.77. The number of hydrogen-bond acceptors (Lipinski definition) is 4. The van der Waals surface area contributed by atoms with E-state index in [4.69, 9.17) is 11.6 Å². The van der Waals surface area contributed by atoms with E-state index in [1.807, 2.05) is 26.8 Å². The number of anilines is 1. The van der Waals surface area contributed by atoms with E-state index in [-0.39, 0.29) is 27.4 Å². The average Bonchev–Trinajstić information content (AvgIpc) is 3.94. The molecule has 0 heterocycles. The Morgan fingerprint density at radius 3 is 2.00 bits per heavy atom. The molecular weight excluding hydrogens is 791 g/mol. The van der Waals surface area contributed by atoms with Crippen LogP contribution in [0.25, 0.3) is 0 Å². The summed E-state index contributed by atoms with van der Waals surface area (Å²) in [5, 5.41) is 10.9. The molecule has 4 aromatic rings. The fraction of sp³-hybridized carbons (Fsp3) is 0.297. The minimum absolute atomic E-state index is 0.0522. The summed E-state index contributed by atoms with van der Waals surface area (Å²) >= 11 is 6.18. The largest absolute Gasteiger partial charge is 0.478 e. The van der Waals surface area contributed by atoms with E-state index in [1.165, 1.54) is 0 Å². The standard InChI is InChI=1S/C37H30ClF9N2O5S/c1-36(2,3)21-11-17(10-20(13-21)18-4-5-18)12-27(34(50)48-23-8-9-24(35(51)52)25(15-23)37(45,46)47)49(16-19-6-7-22(39)14-26(19)38)55(53,54)33-31(43)29(41)28(40)30(42)32(33)44/h6-11,13-15,18,27H,4-5,12,16H2,1-3H3,(H,48,50)(H,51,52). The average molecular weight is 821 g/mol. The Hall–Kier alpha value is -4.61. The normalized spacial score (nSPS) is 14.3. The third kappa shape index (κ3) is 8.78. The van der Waals surface area contributed by atoms with E-state index >= 15 is 8.78 Å². The van der Waals surface area contributed by atoms with Gasteiger partial charge in [-0.15, -0.1) is 0 Å². The van der Waals surface area contributed by atoms with Gasteiger partial charge in [-0.3, -0.25) is 4.79 Å². The van der Waals surface area contributed by atoms with Gasteiger partial charge < -0.3 is 10.4 Å². The van der Waals surface area contributed by atoms with Crippen LogP contribution in [0, 0.1) is 34.9 Å². The number of carboxylic acid groups (broad SMARTS) is 1. The Balaban J connectivity index is 1.76. The number of hydrogen-bond donors (Lipinski definition) is 2. The van der Waals surface area contributed by atoms with E-state index in [1.54, 1.807) is 12.1 Å². The molecule has 1 amide bonds. The Labute approximate surface area is 313 Å². The fourth-order valence-corrected chi connectivity index (χ4v) is 7.76. The van der Waals surface area contributed by atoms with Crippen LogP contribution in [-0.2, 0) is 39.4 Å². The molecule has 0 bridgehead atoms. The number of carboxylic acids is 1. The van der Waals surface area contributed by atoms with Crippen molar-refractivity contribution in [3.63, 3.8) is 0 Å². The van der Waals surface area contributed by atoms with Crippen LogP contribution in [0.15, 0.2) is 59.5 Å². The SMILES string of the molecule is CC(C)(C)c1cc(CC(C(=O)Nc2ccc(C(=O)O)c(C(F)(F)F)c2)N(Cc2ccc(F)cc2Cl)S(=O)(=O)c2c(F)c(F)c(F)c(F)c2F)cc(C2CC2)c1. The molecule has 1 aliphatic carbocycles. The lowest BCUT2D eigenvalue weighted by Gasteiger charge is -2.31. The molecule has 0 aromatic heterocycles. The zero-order chi connectivity index (χ0) is 40.9. The summed E-state index contributed by atoms with van der Waals surface area (Å²) in [6.07, 6.45) is -4.40. The second-order valence-corrected chi connectivity index (χ2v) is 16.2. The lowest BCUT2D eigenvalue weighted by atomic mass is 9.83. The van der Waals surface area contributed by atoms with E-state index in [0.717, 1.165) is 36.6 Å². The molecule has 1 saturated carbocycles. The van der Waals surface area contributed by atoms with Gasteiger partial charge in [0.15, 0.2) is 28.2 Å². The molecule has 0 radical (unpaired) electrons. The predicted molar refractivity (Wildman–Crippen MR) is 182 cm³/mol. The Kier molecular flexibility index (Phi) is 11.4. The van der Waals surface area contributed by atoms with Crippen LogP contribution in [0.5, 0.6) is 0 Å². The first kappa shape index (κ1) is 41.6. The van der Waals surface area contributed by atoms with Crippen molar-refractivity contribution in [2.45, 2.75) is 75.0 Å². The molecule has 1 unspecified atom stereocenters. The highest BCUT2D eigenvalue weighted by molar-refractivity contribution is 7.89. The Morgan fingerprint density at radius 2 is 1.47 bits per heavy atom. The lowest BCUT2D eigenvalue weighted by molar-refractivity contribution is -0.138. The smallest absolute Gasteiger partial charge is 0.417 e. The van der Waals surface area contributed by atoms with Crippen molar-refractivity contribution in [1.82, 2.24) is 4.31 Å². The van der Waals surface area contributed by atoms with E-state index in [2.05, 4.69) is 5.32 Å². The van der Waals surface area contributed by atoms with Gasteiger partial charge in [-0.25, -0.2) is 39.6 Å². The van der Waals surface area contributed by atoms with Crippen molar-refractivity contribution >= 4 is 39.2 Å². The summed E-state index contributed by atoms with van der Waals surface area (Å²) in [5.74, 6) is -17.8. The van der Waals surface area contributed by atoms with Crippen molar-refractivity contribution in [1.29, 1.82) is 0 Å². The topological polar surface area (TPSA) is 104 Å². The van der Waals surface area contributed by atoms with Gasteiger partial charge in [0.1, 0.15) is 11.9 Å².